The third-order valence-corrected chi connectivity index (χ3v) is 3.24. The molecule has 1 nitrogen and oxygen atoms in total. The zero-order valence-corrected chi connectivity index (χ0v) is 11.5. The average Bonchev–Trinajstić information content (AvgIpc) is 2.34. The van der Waals surface area contributed by atoms with Gasteiger partial charge >= 0.3 is 0 Å². The minimum Gasteiger partial charge on any atom is -0.379 e. The fourth-order valence-corrected chi connectivity index (χ4v) is 2.08. The summed E-state index contributed by atoms with van der Waals surface area (Å²) in [6.07, 6.45) is 0. The zero-order valence-electron chi connectivity index (χ0n) is 9.18. The Bertz CT molecular complexity index is 575. The second-order valence-corrected chi connectivity index (χ2v) is 5.02. The third-order valence-electron chi connectivity index (χ3n) is 2.40. The normalized spacial score (nSPS) is 10.4. The predicted molar refractivity (Wildman–Crippen MR) is 72.8 cm³/mol. The summed E-state index contributed by atoms with van der Waals surface area (Å²) in [5, 5.41) is 3.37. The Morgan fingerprint density at radius 1 is 1.06 bits per heavy atom. The fourth-order valence-electron chi connectivity index (χ4n) is 1.48. The van der Waals surface area contributed by atoms with Crippen molar-refractivity contribution in [2.75, 3.05) is 5.32 Å². The SMILES string of the molecule is Fc1ccc(CNc2cc(Cl)ccc2F)cc1Br. The van der Waals surface area contributed by atoms with Crippen LogP contribution in [0.4, 0.5) is 14.5 Å². The van der Waals surface area contributed by atoms with Crippen molar-refractivity contribution >= 4 is 33.2 Å². The molecule has 0 saturated heterocycles. The smallest absolute Gasteiger partial charge is 0.146 e. The van der Waals surface area contributed by atoms with Crippen LogP contribution in [0.1, 0.15) is 5.56 Å². The Morgan fingerprint density at radius 2 is 1.78 bits per heavy atom. The molecule has 2 aromatic carbocycles. The molecule has 0 spiro atoms. The maximum atomic E-state index is 13.4. The van der Waals surface area contributed by atoms with E-state index in [-0.39, 0.29) is 11.6 Å². The fraction of sp³-hybridized carbons (Fsp3) is 0.0769. The molecule has 1 N–H and O–H groups in total. The molecule has 0 bridgehead atoms. The van der Waals surface area contributed by atoms with E-state index in [4.69, 9.17) is 11.6 Å². The van der Waals surface area contributed by atoms with Gasteiger partial charge in [0, 0.05) is 11.6 Å². The van der Waals surface area contributed by atoms with Crippen molar-refractivity contribution in [2.45, 2.75) is 6.54 Å². The molecule has 18 heavy (non-hydrogen) atoms. The Kier molecular flexibility index (Phi) is 4.19. The minimum absolute atomic E-state index is 0.322. The Labute approximate surface area is 117 Å². The molecule has 0 aliphatic heterocycles. The van der Waals surface area contributed by atoms with E-state index < -0.39 is 0 Å². The molecule has 0 fully saturated rings. The van der Waals surface area contributed by atoms with Crippen LogP contribution >= 0.6 is 27.5 Å². The first-order valence-corrected chi connectivity index (χ1v) is 6.36. The molecule has 0 amide bonds. The molecule has 94 valence electrons. The minimum atomic E-state index is -0.374. The third kappa shape index (κ3) is 3.21. The van der Waals surface area contributed by atoms with E-state index in [1.54, 1.807) is 12.1 Å². The Balaban J connectivity index is 2.11. The van der Waals surface area contributed by atoms with Crippen LogP contribution in [0.3, 0.4) is 0 Å². The Morgan fingerprint density at radius 3 is 2.50 bits per heavy atom. The maximum Gasteiger partial charge on any atom is 0.146 e. The summed E-state index contributed by atoms with van der Waals surface area (Å²) in [5.74, 6) is -0.701. The van der Waals surface area contributed by atoms with Crippen LogP contribution in [0.5, 0.6) is 0 Å². The van der Waals surface area contributed by atoms with E-state index in [2.05, 4.69) is 21.2 Å². The van der Waals surface area contributed by atoms with E-state index in [0.717, 1.165) is 5.56 Å². The predicted octanol–water partition coefficient (Wildman–Crippen LogP) is 4.99. The molecule has 0 aliphatic rings. The van der Waals surface area contributed by atoms with Gasteiger partial charge in [0.05, 0.1) is 10.2 Å². The molecule has 0 aliphatic carbocycles. The van der Waals surface area contributed by atoms with Crippen molar-refractivity contribution in [3.05, 3.63) is 63.1 Å². The van der Waals surface area contributed by atoms with Gasteiger partial charge in [-0.1, -0.05) is 17.7 Å². The summed E-state index contributed by atoms with van der Waals surface area (Å²) in [7, 11) is 0. The second-order valence-electron chi connectivity index (χ2n) is 3.73. The lowest BCUT2D eigenvalue weighted by atomic mass is 10.2. The second kappa shape index (κ2) is 5.67. The van der Waals surface area contributed by atoms with Gasteiger partial charge in [0.25, 0.3) is 0 Å². The van der Waals surface area contributed by atoms with Gasteiger partial charge in [0.1, 0.15) is 11.6 Å². The van der Waals surface area contributed by atoms with Crippen LogP contribution < -0.4 is 5.32 Å². The van der Waals surface area contributed by atoms with Crippen LogP contribution in [0.15, 0.2) is 40.9 Å². The molecule has 2 rings (SSSR count). The highest BCUT2D eigenvalue weighted by molar-refractivity contribution is 9.10. The van der Waals surface area contributed by atoms with Gasteiger partial charge in [0.15, 0.2) is 0 Å². The summed E-state index contributed by atoms with van der Waals surface area (Å²) in [6.45, 7) is 0.385. The lowest BCUT2D eigenvalue weighted by molar-refractivity contribution is 0.620. The highest BCUT2D eigenvalue weighted by atomic mass is 79.9. The first-order valence-electron chi connectivity index (χ1n) is 5.19. The van der Waals surface area contributed by atoms with Crippen LogP contribution in [0.2, 0.25) is 5.02 Å². The Hall–Kier alpha value is -1.13. The van der Waals surface area contributed by atoms with E-state index in [0.29, 0.717) is 21.7 Å². The lowest BCUT2D eigenvalue weighted by Gasteiger charge is -2.08. The number of halogens is 4. The van der Waals surface area contributed by atoms with Gasteiger partial charge in [0.2, 0.25) is 0 Å². The quantitative estimate of drug-likeness (QED) is 0.834. The highest BCUT2D eigenvalue weighted by Gasteiger charge is 2.04. The summed E-state index contributed by atoms with van der Waals surface area (Å²) >= 11 is 8.88. The number of nitrogens with one attached hydrogen (secondary N) is 1. The van der Waals surface area contributed by atoms with Gasteiger partial charge in [-0.15, -0.1) is 0 Å². The van der Waals surface area contributed by atoms with Crippen molar-refractivity contribution in [3.63, 3.8) is 0 Å². The summed E-state index contributed by atoms with van der Waals surface area (Å²) in [6, 6.07) is 8.92. The van der Waals surface area contributed by atoms with Gasteiger partial charge in [-0.25, -0.2) is 8.78 Å². The first-order chi connectivity index (χ1) is 8.56. The number of hydrogen-bond donors (Lipinski definition) is 1. The molecule has 0 saturated carbocycles. The van der Waals surface area contributed by atoms with Crippen molar-refractivity contribution in [3.8, 4) is 0 Å². The zero-order chi connectivity index (χ0) is 13.1. The molecular formula is C13H9BrClF2N. The van der Waals surface area contributed by atoms with Crippen molar-refractivity contribution < 1.29 is 8.78 Å². The van der Waals surface area contributed by atoms with Crippen LogP contribution in [-0.2, 0) is 6.54 Å². The maximum absolute atomic E-state index is 13.4. The van der Waals surface area contributed by atoms with E-state index in [9.17, 15) is 8.78 Å². The summed E-state index contributed by atoms with van der Waals surface area (Å²) in [5.41, 5.74) is 1.16. The highest BCUT2D eigenvalue weighted by Crippen LogP contribution is 2.21. The molecule has 0 aromatic heterocycles. The van der Waals surface area contributed by atoms with E-state index >= 15 is 0 Å². The van der Waals surface area contributed by atoms with Gasteiger partial charge in [-0.2, -0.15) is 0 Å². The molecule has 2 aromatic rings. The van der Waals surface area contributed by atoms with Crippen molar-refractivity contribution in [2.24, 2.45) is 0 Å². The topological polar surface area (TPSA) is 12.0 Å². The molecule has 0 radical (unpaired) electrons. The van der Waals surface area contributed by atoms with Crippen molar-refractivity contribution in [1.82, 2.24) is 0 Å². The number of benzene rings is 2. The average molecular weight is 333 g/mol. The van der Waals surface area contributed by atoms with E-state index in [1.807, 2.05) is 0 Å². The van der Waals surface area contributed by atoms with Crippen LogP contribution in [0, 0.1) is 11.6 Å². The summed E-state index contributed by atoms with van der Waals surface area (Å²) in [4.78, 5) is 0. The standard InChI is InChI=1S/C13H9BrClF2N/c14-10-5-8(1-3-11(10)16)7-18-13-6-9(15)2-4-12(13)17/h1-6,18H,7H2. The monoisotopic (exact) mass is 331 g/mol. The van der Waals surface area contributed by atoms with Gasteiger partial charge in [-0.05, 0) is 51.8 Å². The van der Waals surface area contributed by atoms with Gasteiger partial charge < -0.3 is 5.32 Å². The summed E-state index contributed by atoms with van der Waals surface area (Å²) < 4.78 is 26.8. The van der Waals surface area contributed by atoms with Gasteiger partial charge in [-0.3, -0.25) is 0 Å². The molecule has 0 unspecified atom stereocenters. The first kappa shape index (κ1) is 13.3. The molecule has 0 heterocycles. The molecule has 5 heteroatoms. The number of rotatable bonds is 3. The molecular weight excluding hydrogens is 324 g/mol. The number of hydrogen-bond acceptors (Lipinski definition) is 1. The van der Waals surface area contributed by atoms with Crippen LogP contribution in [-0.4, -0.2) is 0 Å². The molecule has 0 atom stereocenters. The van der Waals surface area contributed by atoms with Crippen LogP contribution in [0.25, 0.3) is 0 Å². The van der Waals surface area contributed by atoms with E-state index in [1.165, 1.54) is 24.3 Å². The lowest BCUT2D eigenvalue weighted by Crippen LogP contribution is -2.01. The largest absolute Gasteiger partial charge is 0.379 e. The number of anilines is 1. The van der Waals surface area contributed by atoms with Crippen molar-refractivity contribution in [1.29, 1.82) is 0 Å².